The molecule has 1 aliphatic heterocycles. The van der Waals surface area contributed by atoms with Gasteiger partial charge in [0.25, 0.3) is 0 Å². The molecule has 2 N–H and O–H groups in total. The molecular weight excluding hydrogens is 332 g/mol. The Balaban J connectivity index is 1.89. The molecule has 1 unspecified atom stereocenters. The number of carbonyl (C=O) groups excluding carboxylic acids is 2. The van der Waals surface area contributed by atoms with Crippen LogP contribution >= 0.6 is 0 Å². The van der Waals surface area contributed by atoms with Crippen LogP contribution in [0.25, 0.3) is 0 Å². The minimum Gasteiger partial charge on any atom is -0.496 e. The van der Waals surface area contributed by atoms with Crippen LogP contribution in [0.15, 0.2) is 35.5 Å². The number of para-hydroxylation sites is 1. The van der Waals surface area contributed by atoms with Gasteiger partial charge in [-0.1, -0.05) is 31.0 Å². The highest BCUT2D eigenvalue weighted by molar-refractivity contribution is 5.95. The first-order chi connectivity index (χ1) is 12.6. The van der Waals surface area contributed by atoms with Crippen molar-refractivity contribution in [3.63, 3.8) is 0 Å². The molecule has 3 rings (SSSR count). The third-order valence-corrected chi connectivity index (χ3v) is 5.01. The van der Waals surface area contributed by atoms with Gasteiger partial charge in [-0.05, 0) is 38.7 Å². The van der Waals surface area contributed by atoms with Crippen LogP contribution in [0, 0.1) is 0 Å². The van der Waals surface area contributed by atoms with Crippen LogP contribution in [-0.4, -0.2) is 25.2 Å². The van der Waals surface area contributed by atoms with E-state index in [0.29, 0.717) is 17.0 Å². The van der Waals surface area contributed by atoms with Gasteiger partial charge in [0.1, 0.15) is 11.9 Å². The number of hydrogen-bond acceptors (Lipinski definition) is 4. The largest absolute Gasteiger partial charge is 0.496 e. The van der Waals surface area contributed by atoms with Gasteiger partial charge in [0.2, 0.25) is 0 Å². The summed E-state index contributed by atoms with van der Waals surface area (Å²) in [5, 5.41) is 5.51. The molecule has 1 aromatic carbocycles. The van der Waals surface area contributed by atoms with Crippen LogP contribution in [-0.2, 0) is 9.53 Å². The second-order valence-corrected chi connectivity index (χ2v) is 6.83. The Morgan fingerprint density at radius 3 is 2.50 bits per heavy atom. The van der Waals surface area contributed by atoms with Gasteiger partial charge in [0, 0.05) is 11.3 Å². The predicted molar refractivity (Wildman–Crippen MR) is 97.7 cm³/mol. The predicted octanol–water partition coefficient (Wildman–Crippen LogP) is 3.59. The maximum Gasteiger partial charge on any atom is 0.338 e. The smallest absolute Gasteiger partial charge is 0.338 e. The van der Waals surface area contributed by atoms with Crippen molar-refractivity contribution in [1.29, 1.82) is 0 Å². The van der Waals surface area contributed by atoms with Crippen molar-refractivity contribution in [2.45, 2.75) is 57.6 Å². The molecule has 1 fully saturated rings. The van der Waals surface area contributed by atoms with Crippen molar-refractivity contribution >= 4 is 12.0 Å². The van der Waals surface area contributed by atoms with Crippen molar-refractivity contribution in [3.8, 4) is 5.75 Å². The first-order valence-corrected chi connectivity index (χ1v) is 9.22. The number of esters is 1. The lowest BCUT2D eigenvalue weighted by Gasteiger charge is -2.30. The van der Waals surface area contributed by atoms with Gasteiger partial charge in [-0.3, -0.25) is 0 Å². The average molecular weight is 358 g/mol. The topological polar surface area (TPSA) is 76.7 Å². The third kappa shape index (κ3) is 4.00. The lowest BCUT2D eigenvalue weighted by Crippen LogP contribution is -2.45. The first kappa shape index (κ1) is 18.3. The Morgan fingerprint density at radius 1 is 1.12 bits per heavy atom. The normalized spacial score (nSPS) is 21.5. The van der Waals surface area contributed by atoms with E-state index in [-0.39, 0.29) is 18.1 Å². The molecule has 6 nitrogen and oxygen atoms in total. The fourth-order valence-corrected chi connectivity index (χ4v) is 3.68. The van der Waals surface area contributed by atoms with Crippen LogP contribution in [0.2, 0.25) is 0 Å². The van der Waals surface area contributed by atoms with Crippen LogP contribution in [0.3, 0.4) is 0 Å². The van der Waals surface area contributed by atoms with E-state index in [1.165, 1.54) is 12.8 Å². The summed E-state index contributed by atoms with van der Waals surface area (Å²) in [4.78, 5) is 25.0. The second kappa shape index (κ2) is 8.25. The van der Waals surface area contributed by atoms with E-state index < -0.39 is 6.04 Å². The van der Waals surface area contributed by atoms with Gasteiger partial charge in [-0.2, -0.15) is 0 Å². The Labute approximate surface area is 153 Å². The van der Waals surface area contributed by atoms with Crippen molar-refractivity contribution < 1.29 is 19.1 Å². The highest BCUT2D eigenvalue weighted by Gasteiger charge is 2.34. The summed E-state index contributed by atoms with van der Waals surface area (Å²) < 4.78 is 11.2. The van der Waals surface area contributed by atoms with Gasteiger partial charge in [-0.25, -0.2) is 9.59 Å². The molecule has 26 heavy (non-hydrogen) atoms. The van der Waals surface area contributed by atoms with Crippen LogP contribution in [0.5, 0.6) is 5.75 Å². The molecule has 2 aliphatic rings. The lowest BCUT2D eigenvalue weighted by atomic mass is 9.94. The number of nitrogens with one attached hydrogen (secondary N) is 2. The van der Waals surface area contributed by atoms with E-state index in [2.05, 4.69) is 10.6 Å². The number of urea groups is 1. The Bertz CT molecular complexity index is 706. The fraction of sp³-hybridized carbons (Fsp3) is 0.500. The molecule has 2 amide bonds. The molecule has 140 valence electrons. The van der Waals surface area contributed by atoms with Crippen molar-refractivity contribution in [2.24, 2.45) is 0 Å². The number of ether oxygens (including phenoxy) is 2. The monoisotopic (exact) mass is 358 g/mol. The molecule has 1 aromatic rings. The average Bonchev–Trinajstić information content (AvgIpc) is 2.89. The second-order valence-electron chi connectivity index (χ2n) is 6.83. The number of allylic oxidation sites excluding steroid dienone is 1. The zero-order valence-corrected chi connectivity index (χ0v) is 15.3. The molecule has 0 radical (unpaired) electrons. The zero-order valence-electron chi connectivity index (χ0n) is 15.3. The lowest BCUT2D eigenvalue weighted by molar-refractivity contribution is -0.145. The number of amides is 2. The molecule has 0 spiro atoms. The van der Waals surface area contributed by atoms with E-state index in [4.69, 9.17) is 9.47 Å². The Hall–Kier alpha value is -2.50. The molecule has 0 saturated heterocycles. The summed E-state index contributed by atoms with van der Waals surface area (Å²) in [5.41, 5.74) is 1.68. The number of rotatable bonds is 4. The first-order valence-electron chi connectivity index (χ1n) is 9.22. The molecule has 1 heterocycles. The van der Waals surface area contributed by atoms with E-state index in [9.17, 15) is 9.59 Å². The molecule has 1 saturated carbocycles. The number of hydrogen-bond donors (Lipinski definition) is 2. The molecule has 0 aromatic heterocycles. The van der Waals surface area contributed by atoms with Crippen LogP contribution in [0.4, 0.5) is 4.79 Å². The third-order valence-electron chi connectivity index (χ3n) is 5.01. The number of carbonyl (C=O) groups is 2. The van der Waals surface area contributed by atoms with Crippen LogP contribution in [0.1, 0.15) is 57.1 Å². The minimum absolute atomic E-state index is 0.0544. The maximum atomic E-state index is 13.0. The van der Waals surface area contributed by atoms with Crippen LogP contribution < -0.4 is 15.4 Å². The van der Waals surface area contributed by atoms with E-state index in [1.807, 2.05) is 24.3 Å². The zero-order chi connectivity index (χ0) is 18.5. The van der Waals surface area contributed by atoms with Gasteiger partial charge in [0.05, 0.1) is 18.7 Å². The summed E-state index contributed by atoms with van der Waals surface area (Å²) in [6.07, 6.45) is 6.30. The maximum absolute atomic E-state index is 13.0. The minimum atomic E-state index is -0.599. The molecule has 0 bridgehead atoms. The highest BCUT2D eigenvalue weighted by Crippen LogP contribution is 2.34. The summed E-state index contributed by atoms with van der Waals surface area (Å²) >= 11 is 0. The van der Waals surface area contributed by atoms with E-state index in [0.717, 1.165) is 31.2 Å². The summed E-state index contributed by atoms with van der Waals surface area (Å²) in [5.74, 6) is 0.241. The molecule has 1 atom stereocenters. The van der Waals surface area contributed by atoms with Gasteiger partial charge < -0.3 is 20.1 Å². The van der Waals surface area contributed by atoms with E-state index >= 15 is 0 Å². The van der Waals surface area contributed by atoms with Gasteiger partial charge in [0.15, 0.2) is 0 Å². The number of benzene rings is 1. The quantitative estimate of drug-likeness (QED) is 0.637. The van der Waals surface area contributed by atoms with Crippen molar-refractivity contribution in [2.75, 3.05) is 7.11 Å². The fourth-order valence-electron chi connectivity index (χ4n) is 3.68. The van der Waals surface area contributed by atoms with Crippen molar-refractivity contribution in [3.05, 3.63) is 41.1 Å². The van der Waals surface area contributed by atoms with Crippen molar-refractivity contribution in [1.82, 2.24) is 10.6 Å². The highest BCUT2D eigenvalue weighted by atomic mass is 16.5. The summed E-state index contributed by atoms with van der Waals surface area (Å²) in [7, 11) is 1.57. The summed E-state index contributed by atoms with van der Waals surface area (Å²) in [6, 6.07) is 6.43. The Kier molecular flexibility index (Phi) is 5.81. The Morgan fingerprint density at radius 2 is 1.81 bits per heavy atom. The van der Waals surface area contributed by atoms with Gasteiger partial charge in [-0.15, -0.1) is 0 Å². The molecule has 1 aliphatic carbocycles. The standard InChI is InChI=1S/C20H26N2O4/c1-13-17(19(23)26-14-9-5-3-4-6-10-14)18(22-20(24)21-13)15-11-7-8-12-16(15)25-2/h7-8,11-12,14,18H,3-6,9-10H2,1-2H3,(H2,21,22,24). The van der Waals surface area contributed by atoms with E-state index in [1.54, 1.807) is 14.0 Å². The van der Waals surface area contributed by atoms with Gasteiger partial charge >= 0.3 is 12.0 Å². The number of methoxy groups -OCH3 is 1. The SMILES string of the molecule is COc1ccccc1C1NC(=O)NC(C)=C1C(=O)OC1CCCCCC1. The molecule has 6 heteroatoms. The summed E-state index contributed by atoms with van der Waals surface area (Å²) in [6.45, 7) is 1.73. The molecular formula is C20H26N2O4.